The van der Waals surface area contributed by atoms with Crippen LogP contribution in [0.15, 0.2) is 40.1 Å². The molecule has 8 heteroatoms. The first-order chi connectivity index (χ1) is 9.95. The molecule has 0 fully saturated rings. The van der Waals surface area contributed by atoms with E-state index in [0.29, 0.717) is 6.54 Å². The zero-order chi connectivity index (χ0) is 15.6. The Morgan fingerprint density at radius 2 is 2.00 bits per heavy atom. The number of nitro benzene ring substituents is 1. The first kappa shape index (κ1) is 15.0. The number of aryl methyl sites for hydroxylation is 1. The number of aromatic nitrogens is 2. The van der Waals surface area contributed by atoms with Crippen LogP contribution in [-0.4, -0.2) is 14.1 Å². The molecular formula is C13H12ClN3O4. The fraction of sp³-hybridized carbons (Fsp3) is 0.231. The molecule has 0 radical (unpaired) electrons. The van der Waals surface area contributed by atoms with Gasteiger partial charge in [-0.05, 0) is 13.0 Å². The highest BCUT2D eigenvalue weighted by Crippen LogP contribution is 2.26. The highest BCUT2D eigenvalue weighted by atomic mass is 35.5. The second kappa shape index (κ2) is 5.92. The molecule has 0 amide bonds. The van der Waals surface area contributed by atoms with Gasteiger partial charge in [0.05, 0.1) is 22.1 Å². The van der Waals surface area contributed by atoms with E-state index in [2.05, 4.69) is 0 Å². The fourth-order valence-electron chi connectivity index (χ4n) is 1.98. The zero-order valence-electron chi connectivity index (χ0n) is 11.2. The van der Waals surface area contributed by atoms with Gasteiger partial charge in [0.2, 0.25) is 0 Å². The Kier molecular flexibility index (Phi) is 4.23. The molecule has 1 heterocycles. The Morgan fingerprint density at radius 3 is 2.62 bits per heavy atom. The van der Waals surface area contributed by atoms with Crippen LogP contribution in [0.2, 0.25) is 5.02 Å². The summed E-state index contributed by atoms with van der Waals surface area (Å²) in [5.74, 6) is 0. The van der Waals surface area contributed by atoms with E-state index in [1.807, 2.05) is 0 Å². The Balaban J connectivity index is 2.61. The van der Waals surface area contributed by atoms with Gasteiger partial charge in [-0.2, -0.15) is 0 Å². The summed E-state index contributed by atoms with van der Waals surface area (Å²) in [7, 11) is 0. The van der Waals surface area contributed by atoms with Crippen molar-refractivity contribution in [2.24, 2.45) is 0 Å². The van der Waals surface area contributed by atoms with Crippen LogP contribution in [0.4, 0.5) is 5.69 Å². The summed E-state index contributed by atoms with van der Waals surface area (Å²) in [6, 6.07) is 5.46. The number of benzene rings is 1. The van der Waals surface area contributed by atoms with Crippen LogP contribution >= 0.6 is 11.6 Å². The first-order valence-corrected chi connectivity index (χ1v) is 6.55. The highest BCUT2D eigenvalue weighted by molar-refractivity contribution is 6.31. The molecule has 7 nitrogen and oxygen atoms in total. The van der Waals surface area contributed by atoms with E-state index in [1.54, 1.807) is 6.92 Å². The number of halogens is 1. The third-order valence-electron chi connectivity index (χ3n) is 3.09. The molecule has 1 aromatic carbocycles. The maximum Gasteiger partial charge on any atom is 0.331 e. The third-order valence-corrected chi connectivity index (χ3v) is 3.44. The fourth-order valence-corrected chi connectivity index (χ4v) is 2.21. The van der Waals surface area contributed by atoms with Crippen molar-refractivity contribution in [3.8, 4) is 0 Å². The van der Waals surface area contributed by atoms with Crippen molar-refractivity contribution in [3.63, 3.8) is 0 Å². The molecule has 1 aromatic heterocycles. The number of rotatable bonds is 4. The quantitative estimate of drug-likeness (QED) is 0.634. The summed E-state index contributed by atoms with van der Waals surface area (Å²) in [4.78, 5) is 34.4. The van der Waals surface area contributed by atoms with Crippen molar-refractivity contribution in [3.05, 3.63) is 72.0 Å². The van der Waals surface area contributed by atoms with Gasteiger partial charge >= 0.3 is 5.69 Å². The number of hydrogen-bond acceptors (Lipinski definition) is 4. The maximum absolute atomic E-state index is 12.1. The maximum atomic E-state index is 12.1. The van der Waals surface area contributed by atoms with Crippen LogP contribution in [-0.2, 0) is 13.1 Å². The third kappa shape index (κ3) is 2.87. The zero-order valence-corrected chi connectivity index (χ0v) is 11.9. The number of nitrogens with zero attached hydrogens (tertiary/aromatic N) is 3. The first-order valence-electron chi connectivity index (χ1n) is 6.17. The smallest absolute Gasteiger partial charge is 0.301 e. The second-order valence-corrected chi connectivity index (χ2v) is 4.71. The molecule has 0 aliphatic rings. The van der Waals surface area contributed by atoms with Gasteiger partial charge in [-0.25, -0.2) is 4.79 Å². The molecule has 0 N–H and O–H groups in total. The number of hydrogen-bond donors (Lipinski definition) is 0. The molecular weight excluding hydrogens is 298 g/mol. The lowest BCUT2D eigenvalue weighted by Gasteiger charge is -2.09. The van der Waals surface area contributed by atoms with E-state index in [4.69, 9.17) is 11.6 Å². The summed E-state index contributed by atoms with van der Waals surface area (Å²) >= 11 is 5.97. The van der Waals surface area contributed by atoms with Crippen LogP contribution in [0.1, 0.15) is 12.5 Å². The van der Waals surface area contributed by atoms with E-state index in [0.717, 1.165) is 4.57 Å². The van der Waals surface area contributed by atoms with E-state index in [-0.39, 0.29) is 22.8 Å². The summed E-state index contributed by atoms with van der Waals surface area (Å²) in [5.41, 5.74) is -1.14. The molecule has 0 unspecified atom stereocenters. The minimum atomic E-state index is -0.590. The van der Waals surface area contributed by atoms with Gasteiger partial charge in [0.15, 0.2) is 0 Å². The normalized spacial score (nSPS) is 10.6. The highest BCUT2D eigenvalue weighted by Gasteiger charge is 2.18. The molecule has 2 aromatic rings. The molecule has 0 atom stereocenters. The predicted molar refractivity (Wildman–Crippen MR) is 77.8 cm³/mol. The van der Waals surface area contributed by atoms with Gasteiger partial charge in [0, 0.05) is 24.9 Å². The van der Waals surface area contributed by atoms with Crippen molar-refractivity contribution < 1.29 is 4.92 Å². The number of nitro groups is 1. The second-order valence-electron chi connectivity index (χ2n) is 4.30. The van der Waals surface area contributed by atoms with Gasteiger partial charge in [-0.3, -0.25) is 19.5 Å². The molecule has 0 spiro atoms. The Labute approximate surface area is 124 Å². The lowest BCUT2D eigenvalue weighted by molar-refractivity contribution is -0.385. The van der Waals surface area contributed by atoms with Crippen LogP contribution in [0.3, 0.4) is 0 Å². The Morgan fingerprint density at radius 1 is 1.29 bits per heavy atom. The summed E-state index contributed by atoms with van der Waals surface area (Å²) in [6.07, 6.45) is 1.39. The predicted octanol–water partition coefficient (Wildman–Crippen LogP) is 1.64. The Hall–Kier alpha value is -2.41. The van der Waals surface area contributed by atoms with E-state index in [9.17, 15) is 19.7 Å². The minimum absolute atomic E-state index is 0.136. The van der Waals surface area contributed by atoms with E-state index >= 15 is 0 Å². The van der Waals surface area contributed by atoms with Gasteiger partial charge in [-0.15, -0.1) is 0 Å². The van der Waals surface area contributed by atoms with Crippen LogP contribution < -0.4 is 11.2 Å². The average Bonchev–Trinajstić information content (AvgIpc) is 2.44. The van der Waals surface area contributed by atoms with E-state index < -0.39 is 16.2 Å². The van der Waals surface area contributed by atoms with Gasteiger partial charge in [0.25, 0.3) is 11.2 Å². The lowest BCUT2D eigenvalue weighted by Crippen LogP contribution is -2.39. The average molecular weight is 310 g/mol. The molecule has 0 aliphatic heterocycles. The molecule has 0 bridgehead atoms. The molecule has 110 valence electrons. The summed E-state index contributed by atoms with van der Waals surface area (Å²) < 4.78 is 2.27. The van der Waals surface area contributed by atoms with Crippen molar-refractivity contribution in [1.82, 2.24) is 9.13 Å². The summed E-state index contributed by atoms with van der Waals surface area (Å²) in [5, 5.41) is 11.2. The van der Waals surface area contributed by atoms with E-state index in [1.165, 1.54) is 35.0 Å². The van der Waals surface area contributed by atoms with Crippen molar-refractivity contribution >= 4 is 17.3 Å². The largest absolute Gasteiger partial charge is 0.331 e. The van der Waals surface area contributed by atoms with Gasteiger partial charge in [0.1, 0.15) is 0 Å². The van der Waals surface area contributed by atoms with Crippen LogP contribution in [0, 0.1) is 10.1 Å². The standard InChI is InChI=1S/C13H12ClN3O4/c1-2-15-7-6-12(18)16(13(15)19)8-9-10(14)4-3-5-11(9)17(20)21/h3-7H,2,8H2,1H3. The van der Waals surface area contributed by atoms with Crippen LogP contribution in [0.25, 0.3) is 0 Å². The molecule has 0 saturated heterocycles. The SMILES string of the molecule is CCn1ccc(=O)n(Cc2c(Cl)cccc2[N+](=O)[O-])c1=O. The van der Waals surface area contributed by atoms with Gasteiger partial charge < -0.3 is 4.57 Å². The van der Waals surface area contributed by atoms with Crippen LogP contribution in [0.5, 0.6) is 0 Å². The molecule has 0 aliphatic carbocycles. The van der Waals surface area contributed by atoms with Crippen molar-refractivity contribution in [2.45, 2.75) is 20.0 Å². The van der Waals surface area contributed by atoms with Crippen molar-refractivity contribution in [1.29, 1.82) is 0 Å². The van der Waals surface area contributed by atoms with Crippen molar-refractivity contribution in [2.75, 3.05) is 0 Å². The Bertz CT molecular complexity index is 810. The lowest BCUT2D eigenvalue weighted by atomic mass is 10.2. The monoisotopic (exact) mass is 309 g/mol. The molecule has 0 saturated carbocycles. The minimum Gasteiger partial charge on any atom is -0.301 e. The summed E-state index contributed by atoms with van der Waals surface area (Å²) in [6.45, 7) is 1.91. The van der Waals surface area contributed by atoms with Gasteiger partial charge in [-0.1, -0.05) is 17.7 Å². The molecule has 2 rings (SSSR count). The molecule has 21 heavy (non-hydrogen) atoms. The topological polar surface area (TPSA) is 87.1 Å².